The van der Waals surface area contributed by atoms with Gasteiger partial charge in [0.15, 0.2) is 0 Å². The summed E-state index contributed by atoms with van der Waals surface area (Å²) in [6.07, 6.45) is 2.43. The fraction of sp³-hybridized carbons (Fsp3) is 0.900. The van der Waals surface area contributed by atoms with Gasteiger partial charge in [-0.25, -0.2) is 9.79 Å². The molecule has 0 amide bonds. The minimum absolute atomic E-state index is 0.270. The Morgan fingerprint density at radius 2 is 1.82 bits per heavy atom. The number of rotatable bonds is 11. The molecule has 0 unspecified atom stereocenters. The quantitative estimate of drug-likeness (QED) is 0.259. The molecule has 0 aromatic heterocycles. The van der Waals surface area contributed by atoms with E-state index in [4.69, 9.17) is 13.3 Å². The van der Waals surface area contributed by atoms with E-state index in [-0.39, 0.29) is 13.2 Å². The van der Waals surface area contributed by atoms with Crippen molar-refractivity contribution in [2.24, 2.45) is 4.99 Å². The molecule has 0 saturated carbocycles. The van der Waals surface area contributed by atoms with Gasteiger partial charge in [0.25, 0.3) is 0 Å². The lowest BCUT2D eigenvalue weighted by Crippen LogP contribution is -2.59. The minimum atomic E-state index is -2.81. The molecule has 0 aliphatic carbocycles. The van der Waals surface area contributed by atoms with E-state index >= 15 is 0 Å². The van der Waals surface area contributed by atoms with Crippen LogP contribution >= 0.6 is 0 Å². The van der Waals surface area contributed by atoms with Crippen LogP contribution in [0.3, 0.4) is 0 Å². The predicted molar refractivity (Wildman–Crippen MR) is 66.2 cm³/mol. The number of hydrogen-bond donors (Lipinski definition) is 1. The van der Waals surface area contributed by atoms with Crippen molar-refractivity contribution in [2.45, 2.75) is 27.2 Å². The summed E-state index contributed by atoms with van der Waals surface area (Å²) in [7, 11) is -2.81. The van der Waals surface area contributed by atoms with E-state index in [1.807, 2.05) is 13.8 Å². The van der Waals surface area contributed by atoms with Crippen LogP contribution in [0.4, 0.5) is 0 Å². The number of hydrogen-bond acceptors (Lipinski definition) is 6. The predicted octanol–water partition coefficient (Wildman–Crippen LogP) is 0.847. The zero-order chi connectivity index (χ0) is 13.0. The van der Waals surface area contributed by atoms with E-state index < -0.39 is 8.97 Å². The first kappa shape index (κ1) is 16.4. The highest BCUT2D eigenvalue weighted by Crippen LogP contribution is 2.06. The van der Waals surface area contributed by atoms with Crippen LogP contribution in [0.25, 0.3) is 0 Å². The van der Waals surface area contributed by atoms with Gasteiger partial charge in [-0.1, -0.05) is 6.92 Å². The van der Waals surface area contributed by atoms with Gasteiger partial charge < -0.3 is 13.3 Å². The molecular formula is C10H22N2O4Si. The van der Waals surface area contributed by atoms with Crippen LogP contribution in [0.2, 0.25) is 0 Å². The molecular weight excluding hydrogens is 240 g/mol. The van der Waals surface area contributed by atoms with Crippen molar-refractivity contribution in [3.05, 3.63) is 0 Å². The van der Waals surface area contributed by atoms with Crippen LogP contribution in [0.5, 0.6) is 0 Å². The first-order chi connectivity index (χ1) is 8.24. The number of nitrogens with one attached hydrogen (secondary N) is 1. The first-order valence-electron chi connectivity index (χ1n) is 5.95. The highest BCUT2D eigenvalue weighted by atomic mass is 28.4. The van der Waals surface area contributed by atoms with Crippen molar-refractivity contribution in [3.8, 4) is 0 Å². The second-order valence-corrected chi connectivity index (χ2v) is 5.50. The second-order valence-electron chi connectivity index (χ2n) is 3.17. The number of nitrogens with zero attached hydrogens (tertiary/aromatic N) is 1. The Kier molecular flexibility index (Phi) is 10.2. The Balaban J connectivity index is 4.34. The molecule has 17 heavy (non-hydrogen) atoms. The fourth-order valence-electron chi connectivity index (χ4n) is 1.21. The topological polar surface area (TPSA) is 69.2 Å². The highest BCUT2D eigenvalue weighted by Gasteiger charge is 2.41. The van der Waals surface area contributed by atoms with Crippen molar-refractivity contribution >= 4 is 15.0 Å². The number of aliphatic imine (C=N–C) groups is 1. The monoisotopic (exact) mass is 262 g/mol. The molecule has 0 aliphatic rings. The summed E-state index contributed by atoms with van der Waals surface area (Å²) in [6.45, 7) is 8.19. The van der Waals surface area contributed by atoms with Gasteiger partial charge in [0.2, 0.25) is 6.08 Å². The Labute approximate surface area is 104 Å². The van der Waals surface area contributed by atoms with Gasteiger partial charge in [-0.2, -0.15) is 0 Å². The summed E-state index contributed by atoms with van der Waals surface area (Å²) in [5.41, 5.74) is 0. The smallest absolute Gasteiger partial charge is 0.361 e. The molecule has 0 rings (SSSR count). The molecule has 0 saturated heterocycles. The average molecular weight is 262 g/mol. The molecule has 0 radical (unpaired) electrons. The van der Waals surface area contributed by atoms with Crippen LogP contribution in [-0.4, -0.2) is 48.0 Å². The van der Waals surface area contributed by atoms with Crippen molar-refractivity contribution in [3.63, 3.8) is 0 Å². The van der Waals surface area contributed by atoms with Gasteiger partial charge in [0.1, 0.15) is 0 Å². The van der Waals surface area contributed by atoms with Crippen LogP contribution < -0.4 is 4.98 Å². The molecule has 0 aromatic carbocycles. The Morgan fingerprint density at radius 3 is 2.29 bits per heavy atom. The summed E-state index contributed by atoms with van der Waals surface area (Å²) in [6, 6.07) is 0. The summed E-state index contributed by atoms with van der Waals surface area (Å²) in [5, 5.41) is 0. The summed E-state index contributed by atoms with van der Waals surface area (Å²) < 4.78 is 16.8. The Morgan fingerprint density at radius 1 is 1.18 bits per heavy atom. The third kappa shape index (κ3) is 7.38. The number of isocyanates is 1. The van der Waals surface area contributed by atoms with Crippen molar-refractivity contribution in [1.29, 1.82) is 0 Å². The Bertz CT molecular complexity index is 228. The maximum absolute atomic E-state index is 9.94. The third-order valence-electron chi connectivity index (χ3n) is 1.82. The van der Waals surface area contributed by atoms with Crippen molar-refractivity contribution < 1.29 is 18.1 Å². The molecule has 0 fully saturated rings. The third-order valence-corrected chi connectivity index (χ3v) is 4.42. The van der Waals surface area contributed by atoms with Crippen LogP contribution in [0.1, 0.15) is 27.2 Å². The maximum Gasteiger partial charge on any atom is 0.596 e. The zero-order valence-electron chi connectivity index (χ0n) is 10.8. The highest BCUT2D eigenvalue weighted by molar-refractivity contribution is 6.57. The van der Waals surface area contributed by atoms with Crippen LogP contribution in [-0.2, 0) is 18.1 Å². The normalized spacial score (nSPS) is 11.2. The molecule has 0 aromatic rings. The molecule has 0 heterocycles. The second kappa shape index (κ2) is 10.6. The van der Waals surface area contributed by atoms with E-state index in [1.165, 1.54) is 6.08 Å². The standard InChI is InChI=1S/C10H22N2O4Si/c1-4-7-12-17(14-5-2,15-6-3)16-9-8-11-10-13/h12H,4-9H2,1-3H3. The molecule has 0 aliphatic heterocycles. The van der Waals surface area contributed by atoms with Gasteiger partial charge in [0.05, 0.1) is 13.2 Å². The van der Waals surface area contributed by atoms with Gasteiger partial charge in [-0.15, -0.1) is 0 Å². The molecule has 1 N–H and O–H groups in total. The van der Waals surface area contributed by atoms with Crippen molar-refractivity contribution in [2.75, 3.05) is 32.9 Å². The lowest BCUT2D eigenvalue weighted by atomic mass is 10.5. The largest absolute Gasteiger partial charge is 0.596 e. The van der Waals surface area contributed by atoms with Crippen LogP contribution in [0.15, 0.2) is 4.99 Å². The SMILES string of the molecule is CCCN[Si](OCC)(OCC)OCCN=C=O. The lowest BCUT2D eigenvalue weighted by molar-refractivity contribution is 0.0583. The Hall–Kier alpha value is -0.563. The van der Waals surface area contributed by atoms with Gasteiger partial charge in [-0.3, -0.25) is 4.98 Å². The first-order valence-corrected chi connectivity index (χ1v) is 7.67. The summed E-state index contributed by atoms with van der Waals surface area (Å²) in [4.78, 5) is 16.6. The van der Waals surface area contributed by atoms with E-state index in [0.29, 0.717) is 13.2 Å². The maximum atomic E-state index is 9.94. The van der Waals surface area contributed by atoms with E-state index in [2.05, 4.69) is 16.9 Å². The number of carbonyl (C=O) groups excluding carboxylic acids is 1. The molecule has 7 heteroatoms. The van der Waals surface area contributed by atoms with E-state index in [1.54, 1.807) is 0 Å². The molecule has 0 atom stereocenters. The van der Waals surface area contributed by atoms with Crippen molar-refractivity contribution in [1.82, 2.24) is 4.98 Å². The molecule has 100 valence electrons. The van der Waals surface area contributed by atoms with Gasteiger partial charge >= 0.3 is 8.97 Å². The lowest BCUT2D eigenvalue weighted by Gasteiger charge is -2.28. The van der Waals surface area contributed by atoms with Gasteiger partial charge in [-0.05, 0) is 26.8 Å². The average Bonchev–Trinajstić information content (AvgIpc) is 2.33. The minimum Gasteiger partial charge on any atom is -0.361 e. The summed E-state index contributed by atoms with van der Waals surface area (Å²) >= 11 is 0. The van der Waals surface area contributed by atoms with Crippen LogP contribution in [0, 0.1) is 0 Å². The van der Waals surface area contributed by atoms with E-state index in [9.17, 15) is 4.79 Å². The van der Waals surface area contributed by atoms with E-state index in [0.717, 1.165) is 13.0 Å². The fourth-order valence-corrected chi connectivity index (χ4v) is 3.44. The molecule has 0 bridgehead atoms. The molecule has 0 spiro atoms. The summed E-state index contributed by atoms with van der Waals surface area (Å²) in [5.74, 6) is 0. The molecule has 6 nitrogen and oxygen atoms in total. The van der Waals surface area contributed by atoms with Gasteiger partial charge in [0, 0.05) is 13.2 Å². The zero-order valence-corrected chi connectivity index (χ0v) is 11.8.